The zero-order chi connectivity index (χ0) is 9.10. The van der Waals surface area contributed by atoms with Gasteiger partial charge in [0.05, 0.1) is 6.20 Å². The van der Waals surface area contributed by atoms with Crippen LogP contribution < -0.4 is 5.32 Å². The van der Waals surface area contributed by atoms with Gasteiger partial charge < -0.3 is 9.84 Å². The first-order valence-corrected chi connectivity index (χ1v) is 3.55. The lowest BCUT2D eigenvalue weighted by Crippen LogP contribution is -2.17. The molecule has 1 N–H and O–H groups in total. The fourth-order valence-electron chi connectivity index (χ4n) is 0.834. The third kappa shape index (κ3) is 1.56. The van der Waals surface area contributed by atoms with Gasteiger partial charge in [-0.2, -0.15) is 0 Å². The molecule has 0 aliphatic rings. The molecule has 2 heterocycles. The van der Waals surface area contributed by atoms with Crippen LogP contribution in [0.2, 0.25) is 0 Å². The Morgan fingerprint density at radius 2 is 2.54 bits per heavy atom. The summed E-state index contributed by atoms with van der Waals surface area (Å²) in [5, 5.41) is 5.99. The molecule has 1 amide bonds. The molecule has 0 radical (unpaired) electrons. The van der Waals surface area contributed by atoms with E-state index < -0.39 is 0 Å². The van der Waals surface area contributed by atoms with E-state index >= 15 is 0 Å². The summed E-state index contributed by atoms with van der Waals surface area (Å²) in [5.41, 5.74) is 0.513. The van der Waals surface area contributed by atoms with Gasteiger partial charge in [0.15, 0.2) is 0 Å². The summed E-state index contributed by atoms with van der Waals surface area (Å²) < 4.78 is 5.86. The second-order valence-corrected chi connectivity index (χ2v) is 2.31. The Bertz CT molecular complexity index is 379. The zero-order valence-electron chi connectivity index (χ0n) is 6.54. The van der Waals surface area contributed by atoms with E-state index in [1.807, 2.05) is 0 Å². The summed E-state index contributed by atoms with van der Waals surface area (Å²) in [6.45, 7) is 0. The number of hydrogen-bond acceptors (Lipinski definition) is 4. The molecule has 0 saturated carbocycles. The van der Waals surface area contributed by atoms with Crippen LogP contribution in [0.15, 0.2) is 35.7 Å². The third-order valence-corrected chi connectivity index (χ3v) is 1.42. The van der Waals surface area contributed by atoms with E-state index in [9.17, 15) is 4.79 Å². The third-order valence-electron chi connectivity index (χ3n) is 1.42. The number of carbonyl (C=O) groups excluding carboxylic acids is 1. The summed E-state index contributed by atoms with van der Waals surface area (Å²) in [4.78, 5) is 15.1. The number of aromatic nitrogens is 3. The molecular formula is C7H6N4O2. The van der Waals surface area contributed by atoms with Gasteiger partial charge in [-0.15, -0.1) is 0 Å². The number of nitrogens with one attached hydrogen (secondary N) is 1. The SMILES string of the molecule is O=C(Nc1cnoc1)n1ccnc1. The van der Waals surface area contributed by atoms with Gasteiger partial charge in [-0.25, -0.2) is 9.78 Å². The van der Waals surface area contributed by atoms with E-state index in [-0.39, 0.29) is 6.03 Å². The van der Waals surface area contributed by atoms with Crippen molar-refractivity contribution in [1.82, 2.24) is 14.7 Å². The number of nitrogens with zero attached hydrogens (tertiary/aromatic N) is 3. The van der Waals surface area contributed by atoms with Crippen LogP contribution in [0, 0.1) is 0 Å². The molecule has 0 aliphatic carbocycles. The quantitative estimate of drug-likeness (QED) is 0.705. The lowest BCUT2D eigenvalue weighted by molar-refractivity contribution is 0.253. The molecule has 13 heavy (non-hydrogen) atoms. The molecule has 0 fully saturated rings. The highest BCUT2D eigenvalue weighted by molar-refractivity contribution is 5.90. The van der Waals surface area contributed by atoms with Gasteiger partial charge in [0.2, 0.25) is 0 Å². The molecule has 0 unspecified atom stereocenters. The van der Waals surface area contributed by atoms with Crippen molar-refractivity contribution in [2.24, 2.45) is 0 Å². The summed E-state index contributed by atoms with van der Waals surface area (Å²) >= 11 is 0. The second kappa shape index (κ2) is 3.10. The highest BCUT2D eigenvalue weighted by Crippen LogP contribution is 2.03. The molecule has 0 bridgehead atoms. The van der Waals surface area contributed by atoms with Crippen LogP contribution >= 0.6 is 0 Å². The minimum atomic E-state index is -0.305. The summed E-state index contributed by atoms with van der Waals surface area (Å²) in [5.74, 6) is 0. The molecule has 0 aliphatic heterocycles. The van der Waals surface area contributed by atoms with Crippen molar-refractivity contribution < 1.29 is 9.32 Å². The molecule has 0 saturated heterocycles. The van der Waals surface area contributed by atoms with Gasteiger partial charge in [0.1, 0.15) is 18.3 Å². The van der Waals surface area contributed by atoms with Crippen LogP contribution in [0.5, 0.6) is 0 Å². The van der Waals surface area contributed by atoms with Crippen LogP contribution in [-0.2, 0) is 0 Å². The van der Waals surface area contributed by atoms with Crippen molar-refractivity contribution in [3.8, 4) is 0 Å². The van der Waals surface area contributed by atoms with Crippen molar-refractivity contribution in [3.05, 3.63) is 31.2 Å². The lowest BCUT2D eigenvalue weighted by Gasteiger charge is -1.99. The maximum absolute atomic E-state index is 11.3. The fourth-order valence-corrected chi connectivity index (χ4v) is 0.834. The van der Waals surface area contributed by atoms with Crippen LogP contribution in [0.3, 0.4) is 0 Å². The number of hydrogen-bond donors (Lipinski definition) is 1. The van der Waals surface area contributed by atoms with Crippen molar-refractivity contribution >= 4 is 11.7 Å². The predicted molar refractivity (Wildman–Crippen MR) is 43.1 cm³/mol. The summed E-state index contributed by atoms with van der Waals surface area (Å²) in [6, 6.07) is -0.305. The van der Waals surface area contributed by atoms with E-state index in [1.54, 1.807) is 6.20 Å². The Morgan fingerprint density at radius 3 is 3.15 bits per heavy atom. The monoisotopic (exact) mass is 178 g/mol. The van der Waals surface area contributed by atoms with Crippen LogP contribution in [0.25, 0.3) is 0 Å². The van der Waals surface area contributed by atoms with Gasteiger partial charge >= 0.3 is 6.03 Å². The average Bonchev–Trinajstić information content (AvgIpc) is 2.74. The lowest BCUT2D eigenvalue weighted by atomic mass is 10.6. The molecule has 0 spiro atoms. The van der Waals surface area contributed by atoms with Crippen LogP contribution in [-0.4, -0.2) is 20.7 Å². The molecule has 0 aromatic carbocycles. The second-order valence-electron chi connectivity index (χ2n) is 2.31. The number of imidazole rings is 1. The Labute approximate surface area is 73.2 Å². The van der Waals surface area contributed by atoms with Crippen LogP contribution in [0.1, 0.15) is 0 Å². The Hall–Kier alpha value is -2.11. The molecule has 2 aromatic heterocycles. The Kier molecular flexibility index (Phi) is 1.79. The van der Waals surface area contributed by atoms with Gasteiger partial charge in [-0.05, 0) is 0 Å². The fraction of sp³-hybridized carbons (Fsp3) is 0. The van der Waals surface area contributed by atoms with E-state index in [4.69, 9.17) is 0 Å². The van der Waals surface area contributed by atoms with Crippen molar-refractivity contribution in [1.29, 1.82) is 0 Å². The van der Waals surface area contributed by atoms with Crippen molar-refractivity contribution in [2.75, 3.05) is 5.32 Å². The summed E-state index contributed by atoms with van der Waals surface area (Å²) in [6.07, 6.45) is 7.22. The topological polar surface area (TPSA) is 73.0 Å². The first kappa shape index (κ1) is 7.53. The molecule has 6 nitrogen and oxygen atoms in total. The molecule has 2 aromatic rings. The summed E-state index contributed by atoms with van der Waals surface area (Å²) in [7, 11) is 0. The first-order valence-electron chi connectivity index (χ1n) is 3.55. The molecule has 2 rings (SSSR count). The predicted octanol–water partition coefficient (Wildman–Crippen LogP) is 0.951. The van der Waals surface area contributed by atoms with Gasteiger partial charge in [0, 0.05) is 12.4 Å². The van der Waals surface area contributed by atoms with E-state index in [0.717, 1.165) is 0 Å². The maximum Gasteiger partial charge on any atom is 0.331 e. The number of rotatable bonds is 1. The zero-order valence-corrected chi connectivity index (χ0v) is 6.54. The molecular weight excluding hydrogens is 172 g/mol. The minimum Gasteiger partial charge on any atom is -0.363 e. The highest BCUT2D eigenvalue weighted by atomic mass is 16.5. The van der Waals surface area contributed by atoms with E-state index in [1.165, 1.54) is 29.6 Å². The van der Waals surface area contributed by atoms with Crippen LogP contribution in [0.4, 0.5) is 10.5 Å². The van der Waals surface area contributed by atoms with Crippen molar-refractivity contribution in [2.45, 2.75) is 0 Å². The molecule has 6 heteroatoms. The number of anilines is 1. The van der Waals surface area contributed by atoms with Crippen molar-refractivity contribution in [3.63, 3.8) is 0 Å². The smallest absolute Gasteiger partial charge is 0.331 e. The Morgan fingerprint density at radius 1 is 1.62 bits per heavy atom. The first-order chi connectivity index (χ1) is 6.36. The minimum absolute atomic E-state index is 0.305. The number of carbonyl (C=O) groups is 1. The largest absolute Gasteiger partial charge is 0.363 e. The highest BCUT2D eigenvalue weighted by Gasteiger charge is 2.04. The van der Waals surface area contributed by atoms with E-state index in [0.29, 0.717) is 5.69 Å². The maximum atomic E-state index is 11.3. The number of amides is 1. The molecule has 0 atom stereocenters. The van der Waals surface area contributed by atoms with Gasteiger partial charge in [0.25, 0.3) is 0 Å². The molecule has 66 valence electrons. The standard InChI is InChI=1S/C7H6N4O2/c12-7(11-2-1-8-5-11)10-6-3-9-13-4-6/h1-5H,(H,10,12). The Balaban J connectivity index is 2.08. The van der Waals surface area contributed by atoms with Gasteiger partial charge in [-0.1, -0.05) is 5.16 Å². The normalized spacial score (nSPS) is 9.85. The average molecular weight is 178 g/mol. The van der Waals surface area contributed by atoms with E-state index in [2.05, 4.69) is 20.0 Å². The van der Waals surface area contributed by atoms with Gasteiger partial charge in [-0.3, -0.25) is 4.57 Å².